The first-order chi connectivity index (χ1) is 16.7. The maximum atomic E-state index is 13.0. The van der Waals surface area contributed by atoms with Gasteiger partial charge in [0.05, 0.1) is 25.1 Å². The third-order valence-corrected chi connectivity index (χ3v) is 6.51. The number of furan rings is 2. The number of benzene rings is 2. The molecule has 1 N–H and O–H groups in total. The van der Waals surface area contributed by atoms with Crippen LogP contribution in [0.2, 0.25) is 0 Å². The normalized spacial score (nSPS) is 15.9. The number of piperazine rings is 1. The van der Waals surface area contributed by atoms with E-state index in [1.54, 1.807) is 19.2 Å². The molecule has 34 heavy (non-hydrogen) atoms. The summed E-state index contributed by atoms with van der Waals surface area (Å²) in [6, 6.07) is 18.9. The van der Waals surface area contributed by atoms with Gasteiger partial charge in [-0.2, -0.15) is 0 Å². The molecule has 0 bridgehead atoms. The first-order valence-corrected chi connectivity index (χ1v) is 11.6. The van der Waals surface area contributed by atoms with Crippen molar-refractivity contribution in [2.24, 2.45) is 0 Å². The van der Waals surface area contributed by atoms with Crippen LogP contribution in [0.15, 0.2) is 75.8 Å². The van der Waals surface area contributed by atoms with Crippen LogP contribution >= 0.6 is 0 Å². The van der Waals surface area contributed by atoms with Crippen molar-refractivity contribution in [3.63, 3.8) is 0 Å². The Morgan fingerprint density at radius 2 is 1.79 bits per heavy atom. The minimum absolute atomic E-state index is 0.227. The van der Waals surface area contributed by atoms with Gasteiger partial charge in [0.1, 0.15) is 11.3 Å². The largest absolute Gasteiger partial charge is 0.496 e. The van der Waals surface area contributed by atoms with Gasteiger partial charge in [-0.25, -0.2) is 0 Å². The summed E-state index contributed by atoms with van der Waals surface area (Å²) < 4.78 is 17.6. The molecule has 0 spiro atoms. The Morgan fingerprint density at radius 3 is 2.53 bits per heavy atom. The maximum absolute atomic E-state index is 13.0. The Labute approximate surface area is 198 Å². The highest BCUT2D eigenvalue weighted by atomic mass is 16.5. The Bertz CT molecular complexity index is 1260. The smallest absolute Gasteiger partial charge is 0.291 e. The SMILES string of the molecule is CCN1CCN([C@H](c2ccccc2OC)c2oc3ccccc3c2NC(=O)c2ccco2)CC1. The van der Waals surface area contributed by atoms with Gasteiger partial charge in [-0.15, -0.1) is 0 Å². The molecular formula is C27H29N3O4. The molecule has 7 heteroatoms. The fourth-order valence-electron chi connectivity index (χ4n) is 4.70. The van der Waals surface area contributed by atoms with E-state index in [4.69, 9.17) is 13.6 Å². The molecule has 0 radical (unpaired) electrons. The first kappa shape index (κ1) is 22.3. The highest BCUT2D eigenvalue weighted by Gasteiger charge is 2.34. The number of methoxy groups -OCH3 is 1. The summed E-state index contributed by atoms with van der Waals surface area (Å²) in [5, 5.41) is 3.93. The van der Waals surface area contributed by atoms with E-state index in [1.165, 1.54) is 6.26 Å². The van der Waals surface area contributed by atoms with Gasteiger partial charge in [0.25, 0.3) is 5.91 Å². The number of carbonyl (C=O) groups excluding carboxylic acids is 1. The number of nitrogens with one attached hydrogen (secondary N) is 1. The third kappa shape index (κ3) is 4.20. The van der Waals surface area contributed by atoms with Crippen LogP contribution in [0.3, 0.4) is 0 Å². The van der Waals surface area contributed by atoms with Crippen LogP contribution in [-0.2, 0) is 0 Å². The fraction of sp³-hybridized carbons (Fsp3) is 0.296. The highest BCUT2D eigenvalue weighted by molar-refractivity contribution is 6.08. The lowest BCUT2D eigenvalue weighted by atomic mass is 9.98. The number of fused-ring (bicyclic) bond motifs is 1. The number of amides is 1. The van der Waals surface area contributed by atoms with Crippen molar-refractivity contribution in [3.8, 4) is 5.75 Å². The lowest BCUT2D eigenvalue weighted by Gasteiger charge is -2.39. The molecule has 1 saturated heterocycles. The Morgan fingerprint density at radius 1 is 1.03 bits per heavy atom. The van der Waals surface area contributed by atoms with Crippen molar-refractivity contribution in [2.45, 2.75) is 13.0 Å². The van der Waals surface area contributed by atoms with Gasteiger partial charge >= 0.3 is 0 Å². The van der Waals surface area contributed by atoms with E-state index in [2.05, 4.69) is 28.1 Å². The molecule has 1 atom stereocenters. The predicted octanol–water partition coefficient (Wildman–Crippen LogP) is 5.01. The summed E-state index contributed by atoms with van der Waals surface area (Å²) in [4.78, 5) is 17.9. The van der Waals surface area contributed by atoms with Crippen LogP contribution in [0.5, 0.6) is 5.75 Å². The molecule has 7 nitrogen and oxygen atoms in total. The molecule has 1 aliphatic rings. The van der Waals surface area contributed by atoms with Gasteiger partial charge in [0.15, 0.2) is 11.5 Å². The standard InChI is InChI=1S/C27H29N3O4/c1-3-29-14-16-30(17-15-29)25(20-10-5-6-11-21(20)32-2)26-24(19-9-4-7-12-22(19)34-26)28-27(31)23-13-8-18-33-23/h4-13,18,25H,3,14-17H2,1-2H3,(H,28,31)/t25-/m1/s1. The summed E-state index contributed by atoms with van der Waals surface area (Å²) in [5.41, 5.74) is 2.38. The molecule has 4 aromatic rings. The van der Waals surface area contributed by atoms with Crippen molar-refractivity contribution in [1.82, 2.24) is 9.80 Å². The second-order valence-corrected chi connectivity index (χ2v) is 8.38. The minimum atomic E-state index is -0.313. The van der Waals surface area contributed by atoms with Crippen molar-refractivity contribution in [1.29, 1.82) is 0 Å². The zero-order valence-electron chi connectivity index (χ0n) is 19.5. The van der Waals surface area contributed by atoms with Crippen LogP contribution in [-0.4, -0.2) is 55.5 Å². The van der Waals surface area contributed by atoms with E-state index in [0.29, 0.717) is 11.4 Å². The van der Waals surface area contributed by atoms with Crippen molar-refractivity contribution in [3.05, 3.63) is 84.0 Å². The molecular weight excluding hydrogens is 430 g/mol. The Balaban J connectivity index is 1.64. The summed E-state index contributed by atoms with van der Waals surface area (Å²) in [6.45, 7) is 6.91. The maximum Gasteiger partial charge on any atom is 0.291 e. The van der Waals surface area contributed by atoms with Crippen LogP contribution in [0, 0.1) is 0 Å². The molecule has 1 aliphatic heterocycles. The zero-order valence-corrected chi connectivity index (χ0v) is 19.5. The second-order valence-electron chi connectivity index (χ2n) is 8.38. The van der Waals surface area contributed by atoms with Gasteiger partial charge in [0.2, 0.25) is 0 Å². The topological polar surface area (TPSA) is 71.1 Å². The molecule has 2 aromatic carbocycles. The van der Waals surface area contributed by atoms with Crippen LogP contribution in [0.4, 0.5) is 5.69 Å². The monoisotopic (exact) mass is 459 g/mol. The van der Waals surface area contributed by atoms with Crippen LogP contribution < -0.4 is 10.1 Å². The summed E-state index contributed by atoms with van der Waals surface area (Å²) in [5.74, 6) is 1.42. The van der Waals surface area contributed by atoms with Gasteiger partial charge in [0, 0.05) is 37.1 Å². The van der Waals surface area contributed by atoms with E-state index in [-0.39, 0.29) is 17.7 Å². The van der Waals surface area contributed by atoms with Gasteiger partial charge in [-0.1, -0.05) is 37.3 Å². The van der Waals surface area contributed by atoms with Gasteiger partial charge < -0.3 is 23.8 Å². The van der Waals surface area contributed by atoms with Crippen molar-refractivity contribution in [2.75, 3.05) is 45.2 Å². The number of ether oxygens (including phenoxy) is 1. The highest BCUT2D eigenvalue weighted by Crippen LogP contribution is 2.43. The molecule has 176 valence electrons. The molecule has 3 heterocycles. The van der Waals surface area contributed by atoms with E-state index < -0.39 is 0 Å². The van der Waals surface area contributed by atoms with E-state index in [1.807, 2.05) is 42.5 Å². The van der Waals surface area contributed by atoms with Gasteiger partial charge in [-0.05, 0) is 36.9 Å². The number of carbonyl (C=O) groups is 1. The predicted molar refractivity (Wildman–Crippen MR) is 131 cm³/mol. The minimum Gasteiger partial charge on any atom is -0.496 e. The fourth-order valence-corrected chi connectivity index (χ4v) is 4.70. The van der Waals surface area contributed by atoms with E-state index in [0.717, 1.165) is 55.0 Å². The number of hydrogen-bond acceptors (Lipinski definition) is 6. The average molecular weight is 460 g/mol. The van der Waals surface area contributed by atoms with E-state index in [9.17, 15) is 4.79 Å². The van der Waals surface area contributed by atoms with Crippen molar-refractivity contribution < 1.29 is 18.4 Å². The van der Waals surface area contributed by atoms with E-state index >= 15 is 0 Å². The lowest BCUT2D eigenvalue weighted by molar-refractivity contribution is 0.0991. The third-order valence-electron chi connectivity index (χ3n) is 6.51. The van der Waals surface area contributed by atoms with Gasteiger partial charge in [-0.3, -0.25) is 9.69 Å². The number of anilines is 1. The number of rotatable bonds is 7. The molecule has 1 amide bonds. The molecule has 0 unspecified atom stereocenters. The van der Waals surface area contributed by atoms with Crippen LogP contribution in [0.25, 0.3) is 11.0 Å². The number of hydrogen-bond donors (Lipinski definition) is 1. The number of para-hydroxylation sites is 2. The molecule has 2 aromatic heterocycles. The second kappa shape index (κ2) is 9.75. The summed E-state index contributed by atoms with van der Waals surface area (Å²) >= 11 is 0. The Kier molecular flexibility index (Phi) is 6.38. The number of nitrogens with zero attached hydrogens (tertiary/aromatic N) is 2. The van der Waals surface area contributed by atoms with Crippen LogP contribution in [0.1, 0.15) is 34.8 Å². The molecule has 0 saturated carbocycles. The number of likely N-dealkylation sites (N-methyl/N-ethyl adjacent to an activating group) is 1. The summed E-state index contributed by atoms with van der Waals surface area (Å²) in [7, 11) is 1.68. The average Bonchev–Trinajstić information content (AvgIpc) is 3.54. The quantitative estimate of drug-likeness (QED) is 0.419. The molecule has 5 rings (SSSR count). The lowest BCUT2D eigenvalue weighted by Crippen LogP contribution is -2.47. The molecule has 1 fully saturated rings. The molecule has 0 aliphatic carbocycles. The van der Waals surface area contributed by atoms with Crippen molar-refractivity contribution >= 4 is 22.6 Å². The Hall–Kier alpha value is -3.55. The zero-order chi connectivity index (χ0) is 23.5. The first-order valence-electron chi connectivity index (χ1n) is 11.6. The summed E-state index contributed by atoms with van der Waals surface area (Å²) in [6.07, 6.45) is 1.49.